The lowest BCUT2D eigenvalue weighted by atomic mass is 10.3. The van der Waals surface area contributed by atoms with Crippen LogP contribution in [-0.4, -0.2) is 36.7 Å². The summed E-state index contributed by atoms with van der Waals surface area (Å²) in [6.45, 7) is 0. The van der Waals surface area contributed by atoms with E-state index in [9.17, 15) is 8.42 Å². The molecular weight excluding hydrogens is 324 g/mol. The maximum absolute atomic E-state index is 12.8. The van der Waals surface area contributed by atoms with Crippen molar-refractivity contribution in [3.05, 3.63) is 41.7 Å². The van der Waals surface area contributed by atoms with Crippen LogP contribution in [0, 0.1) is 0 Å². The Morgan fingerprint density at radius 2 is 2.18 bits per heavy atom. The second kappa shape index (κ2) is 6.02. The number of benzene rings is 1. The van der Waals surface area contributed by atoms with Crippen molar-refractivity contribution in [2.24, 2.45) is 0 Å². The fourth-order valence-corrected chi connectivity index (χ4v) is 5.22. The SMILES string of the molecule is CO[C@@H]1CC[C@@H](S(=O)(=O)c2ccc(-n3cccn3)cc2Cl)C1. The summed E-state index contributed by atoms with van der Waals surface area (Å²) >= 11 is 6.23. The fraction of sp³-hybridized carbons (Fsp3) is 0.400. The molecule has 118 valence electrons. The van der Waals surface area contributed by atoms with Crippen molar-refractivity contribution in [3.63, 3.8) is 0 Å². The van der Waals surface area contributed by atoms with Crippen LogP contribution >= 0.6 is 11.6 Å². The summed E-state index contributed by atoms with van der Waals surface area (Å²) in [6, 6.07) is 6.70. The third-order valence-electron chi connectivity index (χ3n) is 4.10. The van der Waals surface area contributed by atoms with Crippen LogP contribution < -0.4 is 0 Å². The second-order valence-corrected chi connectivity index (χ2v) is 8.01. The summed E-state index contributed by atoms with van der Waals surface area (Å²) < 4.78 is 32.4. The van der Waals surface area contributed by atoms with E-state index >= 15 is 0 Å². The second-order valence-electron chi connectivity index (χ2n) is 5.40. The highest BCUT2D eigenvalue weighted by molar-refractivity contribution is 7.92. The van der Waals surface area contributed by atoms with Crippen LogP contribution in [0.25, 0.3) is 5.69 Å². The van der Waals surface area contributed by atoms with E-state index in [4.69, 9.17) is 16.3 Å². The Bertz CT molecular complexity index is 759. The smallest absolute Gasteiger partial charge is 0.182 e. The Morgan fingerprint density at radius 1 is 1.36 bits per heavy atom. The minimum atomic E-state index is -3.44. The van der Waals surface area contributed by atoms with Crippen LogP contribution in [0.1, 0.15) is 19.3 Å². The molecule has 0 N–H and O–H groups in total. The van der Waals surface area contributed by atoms with Crippen LogP contribution in [0.3, 0.4) is 0 Å². The molecule has 1 aromatic heterocycles. The molecule has 0 radical (unpaired) electrons. The molecule has 7 heteroatoms. The summed E-state index contributed by atoms with van der Waals surface area (Å²) in [6.07, 6.45) is 5.35. The molecule has 22 heavy (non-hydrogen) atoms. The molecule has 1 fully saturated rings. The number of nitrogens with zero attached hydrogens (tertiary/aromatic N) is 2. The largest absolute Gasteiger partial charge is 0.381 e. The topological polar surface area (TPSA) is 61.2 Å². The molecule has 0 spiro atoms. The first kappa shape index (κ1) is 15.5. The molecule has 2 atom stereocenters. The van der Waals surface area contributed by atoms with Gasteiger partial charge in [0.05, 0.1) is 27.0 Å². The molecule has 1 aliphatic carbocycles. The number of aromatic nitrogens is 2. The maximum atomic E-state index is 12.8. The molecule has 0 saturated heterocycles. The van der Waals surface area contributed by atoms with Crippen molar-refractivity contribution in [2.75, 3.05) is 7.11 Å². The number of methoxy groups -OCH3 is 1. The molecule has 1 saturated carbocycles. The minimum Gasteiger partial charge on any atom is -0.381 e. The van der Waals surface area contributed by atoms with E-state index in [1.165, 1.54) is 0 Å². The van der Waals surface area contributed by atoms with Gasteiger partial charge in [0.2, 0.25) is 0 Å². The lowest BCUT2D eigenvalue weighted by Crippen LogP contribution is -2.20. The van der Waals surface area contributed by atoms with E-state index in [2.05, 4.69) is 5.10 Å². The van der Waals surface area contributed by atoms with E-state index in [1.54, 1.807) is 48.5 Å². The van der Waals surface area contributed by atoms with Gasteiger partial charge < -0.3 is 4.74 Å². The molecule has 5 nitrogen and oxygen atoms in total. The average molecular weight is 341 g/mol. The molecule has 0 amide bonds. The van der Waals surface area contributed by atoms with Crippen molar-refractivity contribution in [3.8, 4) is 5.69 Å². The zero-order valence-corrected chi connectivity index (χ0v) is 13.7. The number of hydrogen-bond donors (Lipinski definition) is 0. The van der Waals surface area contributed by atoms with Gasteiger partial charge in [-0.15, -0.1) is 0 Å². The summed E-state index contributed by atoms with van der Waals surface area (Å²) in [7, 11) is -1.82. The van der Waals surface area contributed by atoms with Crippen molar-refractivity contribution >= 4 is 21.4 Å². The van der Waals surface area contributed by atoms with Crippen molar-refractivity contribution in [2.45, 2.75) is 35.5 Å². The quantitative estimate of drug-likeness (QED) is 0.858. The molecule has 0 unspecified atom stereocenters. The zero-order valence-electron chi connectivity index (χ0n) is 12.1. The third-order valence-corrected chi connectivity index (χ3v) is 6.80. The van der Waals surface area contributed by atoms with Gasteiger partial charge in [-0.25, -0.2) is 13.1 Å². The van der Waals surface area contributed by atoms with E-state index in [0.717, 1.165) is 12.1 Å². The number of ether oxygens (including phenoxy) is 1. The van der Waals surface area contributed by atoms with Gasteiger partial charge in [-0.1, -0.05) is 11.6 Å². The predicted molar refractivity (Wildman–Crippen MR) is 84.2 cm³/mol. The summed E-state index contributed by atoms with van der Waals surface area (Å²) in [5, 5.41) is 3.91. The lowest BCUT2D eigenvalue weighted by molar-refractivity contribution is 0.109. The van der Waals surface area contributed by atoms with E-state index in [1.807, 2.05) is 0 Å². The normalized spacial score (nSPS) is 22.1. The van der Waals surface area contributed by atoms with Gasteiger partial charge in [0.1, 0.15) is 0 Å². The zero-order chi connectivity index (χ0) is 15.7. The van der Waals surface area contributed by atoms with Gasteiger partial charge in [0, 0.05) is 19.5 Å². The molecule has 1 aliphatic rings. The van der Waals surface area contributed by atoms with Crippen LogP contribution in [0.5, 0.6) is 0 Å². The monoisotopic (exact) mass is 340 g/mol. The predicted octanol–water partition coefficient (Wildman–Crippen LogP) is 2.87. The van der Waals surface area contributed by atoms with Gasteiger partial charge in [-0.2, -0.15) is 5.10 Å². The first-order valence-corrected chi connectivity index (χ1v) is 9.01. The lowest BCUT2D eigenvalue weighted by Gasteiger charge is -2.14. The third kappa shape index (κ3) is 2.78. The minimum absolute atomic E-state index is 0.0156. The fourth-order valence-electron chi connectivity index (χ4n) is 2.86. The standard InChI is InChI=1S/C15H17ClN2O3S/c1-21-12-4-5-13(10-12)22(19,20)15-6-3-11(9-14(15)16)18-8-2-7-17-18/h2-3,6-9,12-13H,4-5,10H2,1H3/t12-,13-/m1/s1. The van der Waals surface area contributed by atoms with E-state index in [0.29, 0.717) is 12.8 Å². The number of rotatable bonds is 4. The Balaban J connectivity index is 1.91. The number of halogens is 1. The van der Waals surface area contributed by atoms with Gasteiger partial charge >= 0.3 is 0 Å². The molecular formula is C15H17ClN2O3S. The van der Waals surface area contributed by atoms with Crippen LogP contribution in [0.15, 0.2) is 41.6 Å². The number of sulfone groups is 1. The van der Waals surface area contributed by atoms with Crippen molar-refractivity contribution in [1.29, 1.82) is 0 Å². The highest BCUT2D eigenvalue weighted by Crippen LogP contribution is 2.34. The van der Waals surface area contributed by atoms with Crippen LogP contribution in [-0.2, 0) is 14.6 Å². The van der Waals surface area contributed by atoms with E-state index < -0.39 is 15.1 Å². The van der Waals surface area contributed by atoms with Crippen LogP contribution in [0.2, 0.25) is 5.02 Å². The van der Waals surface area contributed by atoms with Gasteiger partial charge in [-0.3, -0.25) is 0 Å². The first-order valence-electron chi connectivity index (χ1n) is 7.08. The van der Waals surface area contributed by atoms with Crippen molar-refractivity contribution < 1.29 is 13.2 Å². The number of hydrogen-bond acceptors (Lipinski definition) is 4. The molecule has 0 bridgehead atoms. The maximum Gasteiger partial charge on any atom is 0.182 e. The van der Waals surface area contributed by atoms with Gasteiger partial charge in [0.25, 0.3) is 0 Å². The highest BCUT2D eigenvalue weighted by Gasteiger charge is 2.36. The Kier molecular flexibility index (Phi) is 4.25. The molecule has 2 aromatic rings. The molecule has 1 heterocycles. The van der Waals surface area contributed by atoms with Gasteiger partial charge in [-0.05, 0) is 43.5 Å². The van der Waals surface area contributed by atoms with Gasteiger partial charge in [0.15, 0.2) is 9.84 Å². The molecule has 0 aliphatic heterocycles. The molecule has 1 aromatic carbocycles. The van der Waals surface area contributed by atoms with Crippen LogP contribution in [0.4, 0.5) is 0 Å². The van der Waals surface area contributed by atoms with E-state index in [-0.39, 0.29) is 16.0 Å². The first-order chi connectivity index (χ1) is 10.5. The average Bonchev–Trinajstić information content (AvgIpc) is 3.18. The Morgan fingerprint density at radius 3 is 2.77 bits per heavy atom. The molecule has 3 rings (SSSR count). The Labute approximate surface area is 134 Å². The summed E-state index contributed by atoms with van der Waals surface area (Å²) in [4.78, 5) is 0.187. The summed E-state index contributed by atoms with van der Waals surface area (Å²) in [5.74, 6) is 0. The Hall–Kier alpha value is -1.37. The summed E-state index contributed by atoms with van der Waals surface area (Å²) in [5.41, 5.74) is 0.732. The highest BCUT2D eigenvalue weighted by atomic mass is 35.5. The van der Waals surface area contributed by atoms with Crippen molar-refractivity contribution in [1.82, 2.24) is 9.78 Å².